The van der Waals surface area contributed by atoms with Gasteiger partial charge in [-0.25, -0.2) is 0 Å². The van der Waals surface area contributed by atoms with E-state index in [9.17, 15) is 10.1 Å². The smallest absolute Gasteiger partial charge is 0.219 e. The lowest BCUT2D eigenvalue weighted by Crippen LogP contribution is -2.38. The Morgan fingerprint density at radius 3 is 2.84 bits per heavy atom. The fourth-order valence-electron chi connectivity index (χ4n) is 3.80. The van der Waals surface area contributed by atoms with E-state index in [4.69, 9.17) is 34.2 Å². The second kappa shape index (κ2) is 8.89. The summed E-state index contributed by atoms with van der Waals surface area (Å²) in [6.45, 7) is 0. The number of carbonyl (C=O) groups is 1. The number of allylic oxidation sites excluding steroid dienone is 3. The van der Waals surface area contributed by atoms with Crippen LogP contribution in [0.25, 0.3) is 0 Å². The van der Waals surface area contributed by atoms with Crippen molar-refractivity contribution in [2.45, 2.75) is 29.5 Å². The first-order valence-electron chi connectivity index (χ1n) is 9.21. The summed E-state index contributed by atoms with van der Waals surface area (Å²) in [5, 5.41) is 28.2. The van der Waals surface area contributed by atoms with Gasteiger partial charge in [-0.2, -0.15) is 10.5 Å². The zero-order valence-corrected chi connectivity index (χ0v) is 19.1. The SMILES string of the molecule is N#CCSc1nnc(N2C(N)=C(C#N)C(c3cccc(Cl)c3Cl)C3=C2CCCC3=O)s1. The molecule has 0 saturated carbocycles. The molecule has 156 valence electrons. The van der Waals surface area contributed by atoms with Crippen molar-refractivity contribution < 1.29 is 4.79 Å². The number of nitriles is 2. The summed E-state index contributed by atoms with van der Waals surface area (Å²) < 4.78 is 0.604. The Morgan fingerprint density at radius 1 is 1.29 bits per heavy atom. The van der Waals surface area contributed by atoms with Gasteiger partial charge in [-0.1, -0.05) is 58.4 Å². The van der Waals surface area contributed by atoms with Crippen LogP contribution < -0.4 is 10.6 Å². The third-order valence-electron chi connectivity index (χ3n) is 5.05. The Balaban J connectivity index is 1.91. The molecule has 11 heteroatoms. The first kappa shape index (κ1) is 21.7. The molecule has 0 amide bonds. The van der Waals surface area contributed by atoms with Crippen molar-refractivity contribution in [2.75, 3.05) is 10.7 Å². The Bertz CT molecular complexity index is 1220. The second-order valence-electron chi connectivity index (χ2n) is 6.76. The molecule has 0 saturated heterocycles. The maximum atomic E-state index is 13.1. The quantitative estimate of drug-likeness (QED) is 0.611. The van der Waals surface area contributed by atoms with Gasteiger partial charge < -0.3 is 5.73 Å². The number of aromatic nitrogens is 2. The molecule has 2 aromatic rings. The number of thioether (sulfide) groups is 1. The molecule has 7 nitrogen and oxygen atoms in total. The van der Waals surface area contributed by atoms with Crippen LogP contribution in [0.4, 0.5) is 5.13 Å². The topological polar surface area (TPSA) is 120 Å². The van der Waals surface area contributed by atoms with Gasteiger partial charge in [-0.15, -0.1) is 10.2 Å². The van der Waals surface area contributed by atoms with Crippen molar-refractivity contribution >= 4 is 57.2 Å². The molecule has 1 atom stereocenters. The number of rotatable bonds is 4. The fourth-order valence-corrected chi connectivity index (χ4v) is 5.76. The number of Topliss-reactive ketones (excluding diaryl/α,β-unsaturated/α-hetero) is 1. The Hall–Kier alpha value is -2.56. The van der Waals surface area contributed by atoms with Crippen LogP contribution in [0.3, 0.4) is 0 Å². The molecule has 1 aromatic heterocycles. The predicted octanol–water partition coefficient (Wildman–Crippen LogP) is 4.77. The van der Waals surface area contributed by atoms with Gasteiger partial charge >= 0.3 is 0 Å². The average molecular weight is 489 g/mol. The molecule has 31 heavy (non-hydrogen) atoms. The zero-order chi connectivity index (χ0) is 22.1. The minimum absolute atomic E-state index is 0.0591. The number of ketones is 1. The van der Waals surface area contributed by atoms with E-state index in [-0.39, 0.29) is 22.9 Å². The third-order valence-corrected chi connectivity index (χ3v) is 7.80. The van der Waals surface area contributed by atoms with E-state index in [1.165, 1.54) is 23.1 Å². The van der Waals surface area contributed by atoms with Crippen molar-refractivity contribution in [1.29, 1.82) is 10.5 Å². The van der Waals surface area contributed by atoms with Gasteiger partial charge in [-0.05, 0) is 24.5 Å². The van der Waals surface area contributed by atoms with Crippen molar-refractivity contribution in [3.63, 3.8) is 0 Å². The van der Waals surface area contributed by atoms with Gasteiger partial charge in [0.15, 0.2) is 10.1 Å². The summed E-state index contributed by atoms with van der Waals surface area (Å²) in [5.74, 6) is -0.331. The molecule has 1 aromatic carbocycles. The molecule has 0 fully saturated rings. The molecular formula is C20H14Cl2N6OS2. The van der Waals surface area contributed by atoms with Crippen LogP contribution in [-0.2, 0) is 4.79 Å². The van der Waals surface area contributed by atoms with Crippen LogP contribution in [-0.4, -0.2) is 21.7 Å². The molecule has 1 unspecified atom stereocenters. The van der Waals surface area contributed by atoms with Gasteiger partial charge in [-0.3, -0.25) is 9.69 Å². The van der Waals surface area contributed by atoms with Crippen LogP contribution in [0.1, 0.15) is 30.7 Å². The van der Waals surface area contributed by atoms with Crippen molar-refractivity contribution in [3.05, 3.63) is 56.5 Å². The summed E-state index contributed by atoms with van der Waals surface area (Å²) in [5.41, 5.74) is 8.45. The van der Waals surface area contributed by atoms with E-state index in [0.717, 1.165) is 0 Å². The normalized spacial score (nSPS) is 18.6. The number of nitrogens with two attached hydrogens (primary N) is 1. The monoisotopic (exact) mass is 488 g/mol. The molecule has 2 aliphatic rings. The Labute approximate surface area is 196 Å². The van der Waals surface area contributed by atoms with Crippen molar-refractivity contribution in [3.8, 4) is 12.1 Å². The summed E-state index contributed by atoms with van der Waals surface area (Å²) in [6, 6.07) is 9.37. The molecule has 1 aliphatic carbocycles. The number of carbonyl (C=O) groups excluding carboxylic acids is 1. The van der Waals surface area contributed by atoms with E-state index in [1.54, 1.807) is 23.1 Å². The standard InChI is InChI=1S/C20H14Cl2N6OS2/c21-12-4-1-3-10(17(12)22)15-11(9-24)18(25)28(13-5-2-6-14(29)16(13)15)19-26-27-20(31-19)30-8-7-23/h1,3-4,15H,2,5-6,8,25H2. The van der Waals surface area contributed by atoms with Crippen LogP contribution in [0, 0.1) is 22.7 Å². The molecule has 0 radical (unpaired) electrons. The van der Waals surface area contributed by atoms with Gasteiger partial charge in [0.1, 0.15) is 5.82 Å². The van der Waals surface area contributed by atoms with Gasteiger partial charge in [0.05, 0.1) is 39.4 Å². The van der Waals surface area contributed by atoms with Gasteiger partial charge in [0.2, 0.25) is 5.13 Å². The fraction of sp³-hybridized carbons (Fsp3) is 0.250. The molecular weight excluding hydrogens is 475 g/mol. The van der Waals surface area contributed by atoms with Crippen molar-refractivity contribution in [2.24, 2.45) is 5.73 Å². The van der Waals surface area contributed by atoms with E-state index >= 15 is 0 Å². The highest BCUT2D eigenvalue weighted by Gasteiger charge is 2.42. The second-order valence-corrected chi connectivity index (χ2v) is 9.72. The van der Waals surface area contributed by atoms with Crippen LogP contribution in [0.5, 0.6) is 0 Å². The van der Waals surface area contributed by atoms with Crippen LogP contribution >= 0.6 is 46.3 Å². The summed E-state index contributed by atoms with van der Waals surface area (Å²) in [4.78, 5) is 14.7. The highest BCUT2D eigenvalue weighted by molar-refractivity contribution is 8.01. The van der Waals surface area contributed by atoms with Gasteiger partial charge in [0.25, 0.3) is 0 Å². The summed E-state index contributed by atoms with van der Waals surface area (Å²) in [6.07, 6.45) is 1.63. The number of hydrogen-bond acceptors (Lipinski definition) is 9. The minimum Gasteiger partial charge on any atom is -0.384 e. The Morgan fingerprint density at radius 2 is 2.10 bits per heavy atom. The Kier molecular flexibility index (Phi) is 6.22. The largest absolute Gasteiger partial charge is 0.384 e. The maximum Gasteiger partial charge on any atom is 0.219 e. The van der Waals surface area contributed by atoms with E-state index in [2.05, 4.69) is 16.3 Å². The zero-order valence-electron chi connectivity index (χ0n) is 15.9. The lowest BCUT2D eigenvalue weighted by atomic mass is 9.76. The number of benzene rings is 1. The molecule has 4 rings (SSSR count). The number of nitrogens with zero attached hydrogens (tertiary/aromatic N) is 5. The summed E-state index contributed by atoms with van der Waals surface area (Å²) in [7, 11) is 0. The van der Waals surface area contributed by atoms with E-state index in [0.29, 0.717) is 55.6 Å². The highest BCUT2D eigenvalue weighted by Crippen LogP contribution is 2.49. The lowest BCUT2D eigenvalue weighted by Gasteiger charge is -2.38. The average Bonchev–Trinajstić information content (AvgIpc) is 3.22. The molecule has 1 aliphatic heterocycles. The first-order chi connectivity index (χ1) is 15.0. The molecule has 0 bridgehead atoms. The number of hydrogen-bond donors (Lipinski definition) is 1. The molecule has 2 N–H and O–H groups in total. The first-order valence-corrected chi connectivity index (χ1v) is 11.8. The number of halogens is 2. The number of anilines is 1. The van der Waals surface area contributed by atoms with E-state index in [1.807, 2.05) is 6.07 Å². The van der Waals surface area contributed by atoms with Crippen LogP contribution in [0.15, 0.2) is 45.2 Å². The third kappa shape index (κ3) is 3.79. The van der Waals surface area contributed by atoms with Gasteiger partial charge in [0, 0.05) is 17.7 Å². The molecule has 2 heterocycles. The highest BCUT2D eigenvalue weighted by atomic mass is 35.5. The predicted molar refractivity (Wildman–Crippen MR) is 121 cm³/mol. The minimum atomic E-state index is -0.699. The van der Waals surface area contributed by atoms with Crippen molar-refractivity contribution in [1.82, 2.24) is 10.2 Å². The summed E-state index contributed by atoms with van der Waals surface area (Å²) >= 11 is 15.2. The van der Waals surface area contributed by atoms with Crippen LogP contribution in [0.2, 0.25) is 10.0 Å². The van der Waals surface area contributed by atoms with E-state index < -0.39 is 5.92 Å². The lowest BCUT2D eigenvalue weighted by molar-refractivity contribution is -0.116. The molecule has 0 spiro atoms. The maximum absolute atomic E-state index is 13.1.